The van der Waals surface area contributed by atoms with Crippen molar-refractivity contribution >= 4 is 33.2 Å². The molecular formula is C13H9N4+. The maximum atomic E-state index is 9.01. The van der Waals surface area contributed by atoms with E-state index in [0.29, 0.717) is 11.4 Å². The Morgan fingerprint density at radius 1 is 1.06 bits per heavy atom. The molecule has 0 aliphatic carbocycles. The SMILES string of the molecule is N#[N+]c1c(N)ccc2nc3ccccc3cc12. The Labute approximate surface area is 97.3 Å². The Morgan fingerprint density at radius 2 is 1.88 bits per heavy atom. The zero-order valence-corrected chi connectivity index (χ0v) is 8.96. The Kier molecular flexibility index (Phi) is 1.92. The van der Waals surface area contributed by atoms with Crippen LogP contribution in [0.1, 0.15) is 0 Å². The summed E-state index contributed by atoms with van der Waals surface area (Å²) in [5.41, 5.74) is 8.26. The van der Waals surface area contributed by atoms with Crippen molar-refractivity contribution in [2.75, 3.05) is 5.73 Å². The highest BCUT2D eigenvalue weighted by molar-refractivity contribution is 6.03. The van der Waals surface area contributed by atoms with Crippen molar-refractivity contribution in [3.05, 3.63) is 47.4 Å². The third-order valence-corrected chi connectivity index (χ3v) is 2.80. The van der Waals surface area contributed by atoms with Gasteiger partial charge in [0.05, 0.1) is 16.4 Å². The van der Waals surface area contributed by atoms with Gasteiger partial charge in [0, 0.05) is 5.39 Å². The molecule has 0 saturated carbocycles. The van der Waals surface area contributed by atoms with Crippen LogP contribution in [0.4, 0.5) is 11.4 Å². The van der Waals surface area contributed by atoms with Gasteiger partial charge in [0.1, 0.15) is 5.69 Å². The molecule has 2 aromatic carbocycles. The number of rotatable bonds is 0. The van der Waals surface area contributed by atoms with E-state index < -0.39 is 0 Å². The van der Waals surface area contributed by atoms with Crippen LogP contribution in [-0.2, 0) is 0 Å². The average Bonchev–Trinajstić information content (AvgIpc) is 2.36. The molecule has 1 aromatic heterocycles. The molecule has 0 fully saturated rings. The van der Waals surface area contributed by atoms with E-state index >= 15 is 0 Å². The fraction of sp³-hybridized carbons (Fsp3) is 0. The molecular weight excluding hydrogens is 212 g/mol. The molecule has 0 amide bonds. The summed E-state index contributed by atoms with van der Waals surface area (Å²) in [6.45, 7) is 0. The molecule has 0 atom stereocenters. The van der Waals surface area contributed by atoms with Crippen LogP contribution in [0.3, 0.4) is 0 Å². The van der Waals surface area contributed by atoms with Crippen molar-refractivity contribution in [2.45, 2.75) is 0 Å². The zero-order chi connectivity index (χ0) is 11.8. The van der Waals surface area contributed by atoms with Crippen LogP contribution in [0.2, 0.25) is 0 Å². The highest BCUT2D eigenvalue weighted by Gasteiger charge is 2.17. The largest absolute Gasteiger partial charge is 0.416 e. The van der Waals surface area contributed by atoms with Crippen molar-refractivity contribution in [1.29, 1.82) is 5.39 Å². The van der Waals surface area contributed by atoms with Gasteiger partial charge in [0.2, 0.25) is 5.39 Å². The molecule has 2 N–H and O–H groups in total. The Balaban J connectivity index is 2.53. The van der Waals surface area contributed by atoms with E-state index in [9.17, 15) is 0 Å². The fourth-order valence-electron chi connectivity index (χ4n) is 1.96. The van der Waals surface area contributed by atoms with E-state index in [2.05, 4.69) is 9.96 Å². The number of hydrogen-bond acceptors (Lipinski definition) is 3. The molecule has 17 heavy (non-hydrogen) atoms. The maximum absolute atomic E-state index is 9.01. The van der Waals surface area contributed by atoms with Gasteiger partial charge in [-0.1, -0.05) is 18.2 Å². The second-order valence-electron chi connectivity index (χ2n) is 3.85. The summed E-state index contributed by atoms with van der Waals surface area (Å²) in [5, 5.41) is 10.8. The lowest BCUT2D eigenvalue weighted by atomic mass is 10.1. The number of pyridine rings is 1. The monoisotopic (exact) mass is 221 g/mol. The molecule has 4 nitrogen and oxygen atoms in total. The molecule has 4 heteroatoms. The smallest absolute Gasteiger partial charge is 0.392 e. The minimum absolute atomic E-state index is 0.376. The highest BCUT2D eigenvalue weighted by Crippen LogP contribution is 2.33. The third-order valence-electron chi connectivity index (χ3n) is 2.80. The summed E-state index contributed by atoms with van der Waals surface area (Å²) in [7, 11) is 0. The van der Waals surface area contributed by atoms with Crippen molar-refractivity contribution in [1.82, 2.24) is 4.98 Å². The van der Waals surface area contributed by atoms with Crippen LogP contribution in [0.5, 0.6) is 0 Å². The number of diazo groups is 1. The van der Waals surface area contributed by atoms with Crippen LogP contribution in [0.15, 0.2) is 42.5 Å². The lowest BCUT2D eigenvalue weighted by Gasteiger charge is -2.00. The molecule has 0 aliphatic heterocycles. The molecule has 3 aromatic rings. The number of fused-ring (bicyclic) bond motifs is 2. The van der Waals surface area contributed by atoms with Crippen molar-refractivity contribution < 1.29 is 0 Å². The van der Waals surface area contributed by atoms with Gasteiger partial charge in [-0.25, -0.2) is 4.98 Å². The molecule has 0 spiro atoms. The number of nitrogens with two attached hydrogens (primary N) is 1. The first-order chi connectivity index (χ1) is 8.29. The Morgan fingerprint density at radius 3 is 2.71 bits per heavy atom. The van der Waals surface area contributed by atoms with E-state index in [-0.39, 0.29) is 0 Å². The minimum Gasteiger partial charge on any atom is -0.392 e. The zero-order valence-electron chi connectivity index (χ0n) is 8.96. The van der Waals surface area contributed by atoms with Gasteiger partial charge >= 0.3 is 5.69 Å². The normalized spacial score (nSPS) is 10.5. The van der Waals surface area contributed by atoms with Gasteiger partial charge in [-0.2, -0.15) is 0 Å². The number of nitrogen functional groups attached to an aromatic ring is 1. The quantitative estimate of drug-likeness (QED) is 0.359. The van der Waals surface area contributed by atoms with Gasteiger partial charge in [0.25, 0.3) is 0 Å². The predicted molar refractivity (Wildman–Crippen MR) is 68.4 cm³/mol. The molecule has 0 aliphatic rings. The van der Waals surface area contributed by atoms with Crippen LogP contribution in [0.25, 0.3) is 26.8 Å². The van der Waals surface area contributed by atoms with Gasteiger partial charge < -0.3 is 5.73 Å². The summed E-state index contributed by atoms with van der Waals surface area (Å²) < 4.78 is 0. The van der Waals surface area contributed by atoms with Crippen molar-refractivity contribution in [3.63, 3.8) is 0 Å². The highest BCUT2D eigenvalue weighted by atomic mass is 14.9. The number of anilines is 1. The Hall–Kier alpha value is -2.67. The van der Waals surface area contributed by atoms with E-state index in [1.54, 1.807) is 6.07 Å². The Bertz CT molecular complexity index is 771. The summed E-state index contributed by atoms with van der Waals surface area (Å²) in [6, 6.07) is 13.2. The second-order valence-corrected chi connectivity index (χ2v) is 3.85. The summed E-state index contributed by atoms with van der Waals surface area (Å²) in [5.74, 6) is 0. The minimum atomic E-state index is 0.376. The predicted octanol–water partition coefficient (Wildman–Crippen LogP) is 3.45. The van der Waals surface area contributed by atoms with Gasteiger partial charge in [-0.3, -0.25) is 0 Å². The van der Waals surface area contributed by atoms with E-state index in [4.69, 9.17) is 11.1 Å². The lowest BCUT2D eigenvalue weighted by molar-refractivity contribution is 1.46. The van der Waals surface area contributed by atoms with Crippen LogP contribution in [0, 0.1) is 5.39 Å². The first-order valence-electron chi connectivity index (χ1n) is 5.22. The first kappa shape index (κ1) is 9.55. The number of benzene rings is 2. The van der Waals surface area contributed by atoms with Crippen LogP contribution < -0.4 is 5.73 Å². The van der Waals surface area contributed by atoms with E-state index in [1.807, 2.05) is 36.4 Å². The lowest BCUT2D eigenvalue weighted by Crippen LogP contribution is -1.88. The topological polar surface area (TPSA) is 67.1 Å². The summed E-state index contributed by atoms with van der Waals surface area (Å²) in [6.07, 6.45) is 0. The van der Waals surface area contributed by atoms with E-state index in [1.165, 1.54) is 0 Å². The van der Waals surface area contributed by atoms with Crippen molar-refractivity contribution in [2.24, 2.45) is 0 Å². The maximum Gasteiger partial charge on any atom is 0.416 e. The van der Waals surface area contributed by atoms with E-state index in [0.717, 1.165) is 21.8 Å². The van der Waals surface area contributed by atoms with Crippen molar-refractivity contribution in [3.8, 4) is 0 Å². The summed E-state index contributed by atoms with van der Waals surface area (Å²) >= 11 is 0. The molecule has 0 radical (unpaired) electrons. The van der Waals surface area contributed by atoms with Crippen LogP contribution in [-0.4, -0.2) is 4.98 Å². The molecule has 3 rings (SSSR count). The first-order valence-corrected chi connectivity index (χ1v) is 5.22. The average molecular weight is 221 g/mol. The number of para-hydroxylation sites is 1. The van der Waals surface area contributed by atoms with Gasteiger partial charge in [0.15, 0.2) is 4.98 Å². The number of hydrogen-bond donors (Lipinski definition) is 1. The molecule has 0 unspecified atom stereocenters. The second kappa shape index (κ2) is 3.42. The fourth-order valence-corrected chi connectivity index (χ4v) is 1.96. The third kappa shape index (κ3) is 1.37. The number of nitrogens with zero attached hydrogens (tertiary/aromatic N) is 3. The molecule has 1 heterocycles. The summed E-state index contributed by atoms with van der Waals surface area (Å²) in [4.78, 5) is 7.74. The molecule has 0 bridgehead atoms. The van der Waals surface area contributed by atoms with Crippen LogP contribution >= 0.6 is 0 Å². The molecule has 80 valence electrons. The number of aromatic nitrogens is 1. The van der Waals surface area contributed by atoms with Gasteiger partial charge in [-0.15, -0.1) is 0 Å². The molecule has 0 saturated heterocycles. The van der Waals surface area contributed by atoms with Gasteiger partial charge in [-0.05, 0) is 24.3 Å². The standard InChI is InChI=1S/C13H9N4/c14-10-5-6-12-9(13(10)17-15)7-8-3-1-2-4-11(8)16-12/h1-7H,14H2/q+1.